The molecule has 2 unspecified atom stereocenters. The maximum Gasteiger partial charge on any atom is 0.381 e. The average molecular weight is 460 g/mol. The minimum absolute atomic E-state index is 0.150. The minimum Gasteiger partial charge on any atom is -0.489 e. The molecule has 0 spiro atoms. The van der Waals surface area contributed by atoms with Gasteiger partial charge in [-0.1, -0.05) is 42.5 Å². The van der Waals surface area contributed by atoms with Gasteiger partial charge in [0.2, 0.25) is 0 Å². The molecule has 0 fully saturated rings. The second-order valence-corrected chi connectivity index (χ2v) is 15.1. The first-order valence-corrected chi connectivity index (χ1v) is 13.7. The quantitative estimate of drug-likeness (QED) is 0.292. The highest BCUT2D eigenvalue weighted by molar-refractivity contribution is 7.65. The fourth-order valence-corrected chi connectivity index (χ4v) is 4.63. The lowest BCUT2D eigenvalue weighted by molar-refractivity contribution is -0.131. The van der Waals surface area contributed by atoms with Gasteiger partial charge in [0.15, 0.2) is 0 Å². The van der Waals surface area contributed by atoms with Crippen LogP contribution in [0.3, 0.4) is 0 Å². The number of halogens is 3. The lowest BCUT2D eigenvalue weighted by Crippen LogP contribution is -2.39. The van der Waals surface area contributed by atoms with E-state index >= 15 is 0 Å². The van der Waals surface area contributed by atoms with E-state index in [2.05, 4.69) is 0 Å². The van der Waals surface area contributed by atoms with E-state index in [1.807, 2.05) is 49.4 Å². The van der Waals surface area contributed by atoms with Crippen LogP contribution in [-0.4, -0.2) is 36.0 Å². The third-order valence-electron chi connectivity index (χ3n) is 4.09. The molecule has 0 heterocycles. The van der Waals surface area contributed by atoms with Gasteiger partial charge < -0.3 is 14.6 Å². The van der Waals surface area contributed by atoms with E-state index in [1.54, 1.807) is 13.2 Å². The van der Waals surface area contributed by atoms with Gasteiger partial charge in [-0.15, -0.1) is 33.2 Å². The fourth-order valence-electron chi connectivity index (χ4n) is 2.56. The van der Waals surface area contributed by atoms with Gasteiger partial charge in [-0.2, -0.15) is 0 Å². The summed E-state index contributed by atoms with van der Waals surface area (Å²) in [4.78, 5) is 10.8. The Bertz CT molecular complexity index is 822. The molecule has 0 amide bonds. The van der Waals surface area contributed by atoms with E-state index in [1.165, 1.54) is 6.08 Å². The zero-order valence-corrected chi connectivity index (χ0v) is 18.7. The van der Waals surface area contributed by atoms with Gasteiger partial charge in [0.05, 0.1) is 6.10 Å². The van der Waals surface area contributed by atoms with E-state index in [-0.39, 0.29) is 6.10 Å². The third-order valence-corrected chi connectivity index (χ3v) is 7.37. The SMILES string of the molecule is COC(C)CC(Oc1cc(/C=C/C(=O)O)ccc1-c1ccccc1)[Si](Cl)(Cl)Cl. The summed E-state index contributed by atoms with van der Waals surface area (Å²) in [6.45, 7) is 1.88. The topological polar surface area (TPSA) is 55.8 Å². The molecule has 0 bridgehead atoms. The maximum absolute atomic E-state index is 10.8. The van der Waals surface area contributed by atoms with Crippen molar-refractivity contribution in [3.05, 3.63) is 60.2 Å². The fraction of sp³-hybridized carbons (Fsp3) is 0.250. The van der Waals surface area contributed by atoms with Crippen LogP contribution in [0, 0.1) is 0 Å². The van der Waals surface area contributed by atoms with Gasteiger partial charge in [-0.25, -0.2) is 4.79 Å². The Labute approximate surface area is 179 Å². The molecule has 0 aliphatic rings. The minimum atomic E-state index is -3.22. The summed E-state index contributed by atoms with van der Waals surface area (Å²) < 4.78 is 11.5. The smallest absolute Gasteiger partial charge is 0.381 e. The standard InChI is InChI=1S/C20H21Cl3O4Si/c1-14(26-2)12-20(28(21,22)23)27-18-13-15(9-11-19(24)25)8-10-17(18)16-6-4-3-5-7-16/h3-11,13-14,20H,12H2,1-2H3,(H,24,25)/b11-9+. The van der Waals surface area contributed by atoms with Crippen molar-refractivity contribution in [2.75, 3.05) is 7.11 Å². The van der Waals surface area contributed by atoms with E-state index in [9.17, 15) is 4.79 Å². The van der Waals surface area contributed by atoms with Crippen molar-refractivity contribution in [3.8, 4) is 16.9 Å². The number of ether oxygens (including phenoxy) is 2. The summed E-state index contributed by atoms with van der Waals surface area (Å²) in [5.41, 5.74) is 1.80. The molecular weight excluding hydrogens is 439 g/mol. The van der Waals surface area contributed by atoms with Crippen molar-refractivity contribution >= 4 is 51.3 Å². The number of hydrogen-bond acceptors (Lipinski definition) is 3. The Balaban J connectivity index is 2.47. The molecule has 0 aliphatic carbocycles. The Hall–Kier alpha value is -1.50. The molecule has 8 heteroatoms. The predicted molar refractivity (Wildman–Crippen MR) is 117 cm³/mol. The van der Waals surface area contributed by atoms with Gasteiger partial charge in [0, 0.05) is 25.2 Å². The van der Waals surface area contributed by atoms with Crippen LogP contribution in [0.15, 0.2) is 54.6 Å². The lowest BCUT2D eigenvalue weighted by Gasteiger charge is -2.27. The number of benzene rings is 2. The molecule has 1 N–H and O–H groups in total. The average Bonchev–Trinajstić information content (AvgIpc) is 2.65. The van der Waals surface area contributed by atoms with Crippen LogP contribution < -0.4 is 4.74 Å². The molecule has 0 radical (unpaired) electrons. The number of carbonyl (C=O) groups is 1. The predicted octanol–water partition coefficient (Wildman–Crippen LogP) is 5.82. The molecule has 0 aromatic heterocycles. The molecule has 150 valence electrons. The summed E-state index contributed by atoms with van der Waals surface area (Å²) in [5.74, 6) is -0.513. The van der Waals surface area contributed by atoms with Gasteiger partial charge >= 0.3 is 12.0 Å². The first-order valence-electron chi connectivity index (χ1n) is 8.57. The Morgan fingerprint density at radius 1 is 1.18 bits per heavy atom. The van der Waals surface area contributed by atoms with Crippen molar-refractivity contribution in [2.45, 2.75) is 25.2 Å². The molecule has 2 aromatic carbocycles. The van der Waals surface area contributed by atoms with Crippen LogP contribution in [0.1, 0.15) is 18.9 Å². The summed E-state index contributed by atoms with van der Waals surface area (Å²) in [6, 6.07) is 11.9. The van der Waals surface area contributed by atoms with Crippen LogP contribution in [0.5, 0.6) is 5.75 Å². The molecular formula is C20H21Cl3O4Si. The van der Waals surface area contributed by atoms with Gasteiger partial charge in [0.1, 0.15) is 11.5 Å². The van der Waals surface area contributed by atoms with Crippen molar-refractivity contribution in [2.24, 2.45) is 0 Å². The molecule has 0 aliphatic heterocycles. The molecule has 0 saturated carbocycles. The number of carboxylic acid groups (broad SMARTS) is 1. The summed E-state index contributed by atoms with van der Waals surface area (Å²) in [6.07, 6.45) is 2.82. The zero-order chi connectivity index (χ0) is 20.7. The van der Waals surface area contributed by atoms with Gasteiger partial charge in [-0.3, -0.25) is 0 Å². The third kappa shape index (κ3) is 6.83. The number of aliphatic carboxylic acids is 1. The van der Waals surface area contributed by atoms with E-state index < -0.39 is 17.7 Å². The Morgan fingerprint density at radius 2 is 1.86 bits per heavy atom. The van der Waals surface area contributed by atoms with Crippen LogP contribution in [0.4, 0.5) is 0 Å². The normalized spacial score (nSPS) is 14.0. The van der Waals surface area contributed by atoms with E-state index in [0.717, 1.165) is 17.2 Å². The number of carboxylic acids is 1. The van der Waals surface area contributed by atoms with Crippen molar-refractivity contribution in [1.82, 2.24) is 0 Å². The second kappa shape index (κ2) is 10.3. The Morgan fingerprint density at radius 3 is 2.43 bits per heavy atom. The molecule has 28 heavy (non-hydrogen) atoms. The second-order valence-electron chi connectivity index (χ2n) is 6.22. The Kier molecular flexibility index (Phi) is 8.40. The van der Waals surface area contributed by atoms with Crippen LogP contribution in [0.25, 0.3) is 17.2 Å². The molecule has 2 aromatic rings. The van der Waals surface area contributed by atoms with Crippen LogP contribution in [0.2, 0.25) is 0 Å². The summed E-state index contributed by atoms with van der Waals surface area (Å²) in [7, 11) is 1.59. The monoisotopic (exact) mass is 458 g/mol. The summed E-state index contributed by atoms with van der Waals surface area (Å²) in [5, 5.41) is 8.88. The van der Waals surface area contributed by atoms with E-state index in [0.29, 0.717) is 17.7 Å². The highest BCUT2D eigenvalue weighted by Crippen LogP contribution is 2.36. The van der Waals surface area contributed by atoms with Crippen molar-refractivity contribution < 1.29 is 19.4 Å². The lowest BCUT2D eigenvalue weighted by atomic mass is 10.0. The van der Waals surface area contributed by atoms with Gasteiger partial charge in [-0.05, 0) is 30.2 Å². The summed E-state index contributed by atoms with van der Waals surface area (Å²) >= 11 is 18.9. The molecule has 2 atom stereocenters. The highest BCUT2D eigenvalue weighted by atomic mass is 35.8. The first-order chi connectivity index (χ1) is 13.2. The number of rotatable bonds is 9. The van der Waals surface area contributed by atoms with Gasteiger partial charge in [0.25, 0.3) is 0 Å². The number of hydrogen-bond donors (Lipinski definition) is 1. The van der Waals surface area contributed by atoms with E-state index in [4.69, 9.17) is 47.8 Å². The largest absolute Gasteiger partial charge is 0.489 e. The van der Waals surface area contributed by atoms with Crippen LogP contribution >= 0.6 is 33.2 Å². The molecule has 2 rings (SSSR count). The van der Waals surface area contributed by atoms with Crippen molar-refractivity contribution in [1.29, 1.82) is 0 Å². The highest BCUT2D eigenvalue weighted by Gasteiger charge is 2.40. The van der Waals surface area contributed by atoms with Crippen LogP contribution in [-0.2, 0) is 9.53 Å². The molecule has 4 nitrogen and oxygen atoms in total. The first kappa shape index (κ1) is 22.8. The number of methoxy groups -OCH3 is 1. The molecule has 0 saturated heterocycles. The van der Waals surface area contributed by atoms with Crippen molar-refractivity contribution in [3.63, 3.8) is 0 Å². The zero-order valence-electron chi connectivity index (χ0n) is 15.4. The maximum atomic E-state index is 10.8.